The average Bonchev–Trinajstić information content (AvgIpc) is 2.28. The zero-order valence-electron chi connectivity index (χ0n) is 12.2. The van der Waals surface area contributed by atoms with Crippen molar-refractivity contribution in [3.63, 3.8) is 0 Å². The third-order valence-corrected chi connectivity index (χ3v) is 3.11. The van der Waals surface area contributed by atoms with Crippen LogP contribution in [0.15, 0.2) is 24.3 Å². The van der Waals surface area contributed by atoms with Gasteiger partial charge < -0.3 is 11.1 Å². The second kappa shape index (κ2) is 7.51. The summed E-state index contributed by atoms with van der Waals surface area (Å²) in [6.07, 6.45) is 1.63. The van der Waals surface area contributed by atoms with Gasteiger partial charge in [0.2, 0.25) is 5.91 Å². The van der Waals surface area contributed by atoms with Crippen molar-refractivity contribution in [2.24, 2.45) is 5.73 Å². The van der Waals surface area contributed by atoms with Gasteiger partial charge in [0.15, 0.2) is 0 Å². The minimum Gasteiger partial charge on any atom is -0.346 e. The highest BCUT2D eigenvalue weighted by molar-refractivity contribution is 5.85. The second-order valence-electron chi connectivity index (χ2n) is 5.38. The number of rotatable bonds is 5. The first-order valence-corrected chi connectivity index (χ1v) is 6.51. The van der Waals surface area contributed by atoms with Crippen molar-refractivity contribution < 1.29 is 4.79 Å². The third kappa shape index (κ3) is 5.21. The number of halogens is 1. The SMILES string of the molecule is CCCC(N)C(=O)NC(C)(C)c1cccc(C)c1.Cl. The lowest BCUT2D eigenvalue weighted by molar-refractivity contribution is -0.124. The molecule has 1 aromatic rings. The molecule has 0 saturated heterocycles. The number of nitrogens with one attached hydrogen (secondary N) is 1. The van der Waals surface area contributed by atoms with Crippen LogP contribution in [-0.2, 0) is 10.3 Å². The van der Waals surface area contributed by atoms with E-state index in [9.17, 15) is 4.79 Å². The van der Waals surface area contributed by atoms with Gasteiger partial charge in [-0.15, -0.1) is 12.4 Å². The van der Waals surface area contributed by atoms with E-state index in [1.807, 2.05) is 45.9 Å². The second-order valence-corrected chi connectivity index (χ2v) is 5.38. The maximum absolute atomic E-state index is 12.0. The summed E-state index contributed by atoms with van der Waals surface area (Å²) in [5.74, 6) is -0.0802. The van der Waals surface area contributed by atoms with E-state index in [1.54, 1.807) is 0 Å². The van der Waals surface area contributed by atoms with Crippen molar-refractivity contribution in [1.29, 1.82) is 0 Å². The summed E-state index contributed by atoms with van der Waals surface area (Å²) in [5, 5.41) is 3.02. The van der Waals surface area contributed by atoms with E-state index in [2.05, 4.69) is 11.4 Å². The van der Waals surface area contributed by atoms with Gasteiger partial charge in [-0.1, -0.05) is 43.2 Å². The summed E-state index contributed by atoms with van der Waals surface area (Å²) < 4.78 is 0. The standard InChI is InChI=1S/C15H24N2O.ClH/c1-5-7-13(16)14(18)17-15(3,4)12-9-6-8-11(2)10-12;/h6,8-10,13H,5,7,16H2,1-4H3,(H,17,18);1H. The van der Waals surface area contributed by atoms with E-state index in [0.29, 0.717) is 0 Å². The fourth-order valence-electron chi connectivity index (χ4n) is 1.95. The largest absolute Gasteiger partial charge is 0.346 e. The van der Waals surface area contributed by atoms with Gasteiger partial charge >= 0.3 is 0 Å². The Hall–Kier alpha value is -1.06. The summed E-state index contributed by atoms with van der Waals surface area (Å²) in [7, 11) is 0. The molecule has 0 aromatic heterocycles. The molecule has 0 radical (unpaired) electrons. The van der Waals surface area contributed by atoms with Gasteiger partial charge in [0.05, 0.1) is 11.6 Å². The lowest BCUT2D eigenvalue weighted by atomic mass is 9.92. The van der Waals surface area contributed by atoms with Crippen LogP contribution in [0.1, 0.15) is 44.7 Å². The van der Waals surface area contributed by atoms with E-state index >= 15 is 0 Å². The quantitative estimate of drug-likeness (QED) is 0.873. The number of carbonyl (C=O) groups is 1. The number of carbonyl (C=O) groups excluding carboxylic acids is 1. The molecule has 4 heteroatoms. The van der Waals surface area contributed by atoms with Crippen LogP contribution in [0, 0.1) is 6.92 Å². The minimum atomic E-state index is -0.418. The molecule has 108 valence electrons. The molecule has 1 atom stereocenters. The highest BCUT2D eigenvalue weighted by Crippen LogP contribution is 2.21. The van der Waals surface area contributed by atoms with Crippen molar-refractivity contribution in [2.75, 3.05) is 0 Å². The Bertz CT molecular complexity index is 418. The predicted molar refractivity (Wildman–Crippen MR) is 82.5 cm³/mol. The molecule has 0 aliphatic heterocycles. The molecule has 0 fully saturated rings. The van der Waals surface area contributed by atoms with Crippen LogP contribution in [0.5, 0.6) is 0 Å². The number of benzene rings is 1. The molecule has 3 nitrogen and oxygen atoms in total. The zero-order chi connectivity index (χ0) is 13.8. The zero-order valence-corrected chi connectivity index (χ0v) is 13.0. The highest BCUT2D eigenvalue weighted by Gasteiger charge is 2.25. The summed E-state index contributed by atoms with van der Waals surface area (Å²) >= 11 is 0. The Labute approximate surface area is 122 Å². The van der Waals surface area contributed by atoms with E-state index in [1.165, 1.54) is 5.56 Å². The van der Waals surface area contributed by atoms with Crippen molar-refractivity contribution in [3.8, 4) is 0 Å². The molecule has 1 unspecified atom stereocenters. The molecule has 0 aliphatic rings. The predicted octanol–water partition coefficient (Wildman–Crippen LogP) is 2.90. The Morgan fingerprint density at radius 3 is 2.58 bits per heavy atom. The van der Waals surface area contributed by atoms with Crippen molar-refractivity contribution in [2.45, 2.75) is 52.1 Å². The monoisotopic (exact) mass is 284 g/mol. The minimum absolute atomic E-state index is 0. The van der Waals surface area contributed by atoms with Gasteiger partial charge in [-0.05, 0) is 32.8 Å². The van der Waals surface area contributed by atoms with Crippen LogP contribution < -0.4 is 11.1 Å². The molecule has 1 amide bonds. The first kappa shape index (κ1) is 17.9. The lowest BCUT2D eigenvalue weighted by Crippen LogP contribution is -2.48. The smallest absolute Gasteiger partial charge is 0.237 e. The van der Waals surface area contributed by atoms with E-state index in [-0.39, 0.29) is 18.3 Å². The molecule has 1 aromatic carbocycles. The molecule has 3 N–H and O–H groups in total. The van der Waals surface area contributed by atoms with Crippen LogP contribution in [0.4, 0.5) is 0 Å². The van der Waals surface area contributed by atoms with Crippen LogP contribution in [-0.4, -0.2) is 11.9 Å². The number of amides is 1. The van der Waals surface area contributed by atoms with Gasteiger partial charge in [0.1, 0.15) is 0 Å². The maximum Gasteiger partial charge on any atom is 0.237 e. The summed E-state index contributed by atoms with van der Waals surface area (Å²) in [4.78, 5) is 12.0. The Balaban J connectivity index is 0.00000324. The molecule has 19 heavy (non-hydrogen) atoms. The van der Waals surface area contributed by atoms with Crippen LogP contribution in [0.25, 0.3) is 0 Å². The third-order valence-electron chi connectivity index (χ3n) is 3.11. The maximum atomic E-state index is 12.0. The van der Waals surface area contributed by atoms with Crippen LogP contribution in [0.2, 0.25) is 0 Å². The number of hydrogen-bond acceptors (Lipinski definition) is 2. The van der Waals surface area contributed by atoms with Gasteiger partial charge in [-0.2, -0.15) is 0 Å². The van der Waals surface area contributed by atoms with Gasteiger partial charge in [0, 0.05) is 0 Å². The molecule has 0 saturated carbocycles. The van der Waals surface area contributed by atoms with E-state index in [0.717, 1.165) is 18.4 Å². The van der Waals surface area contributed by atoms with E-state index < -0.39 is 11.6 Å². The molecule has 0 spiro atoms. The number of hydrogen-bond donors (Lipinski definition) is 2. The van der Waals surface area contributed by atoms with Crippen molar-refractivity contribution >= 4 is 18.3 Å². The summed E-state index contributed by atoms with van der Waals surface area (Å²) in [6.45, 7) is 8.07. The Morgan fingerprint density at radius 2 is 2.05 bits per heavy atom. The van der Waals surface area contributed by atoms with Crippen LogP contribution >= 0.6 is 12.4 Å². The van der Waals surface area contributed by atoms with Crippen LogP contribution in [0.3, 0.4) is 0 Å². The normalized spacial score (nSPS) is 12.5. The molecular weight excluding hydrogens is 260 g/mol. The highest BCUT2D eigenvalue weighted by atomic mass is 35.5. The first-order chi connectivity index (χ1) is 8.36. The van der Waals surface area contributed by atoms with Crippen molar-refractivity contribution in [3.05, 3.63) is 35.4 Å². The summed E-state index contributed by atoms with van der Waals surface area (Å²) in [6, 6.07) is 7.75. The number of aryl methyl sites for hydroxylation is 1. The van der Waals surface area contributed by atoms with Crippen molar-refractivity contribution in [1.82, 2.24) is 5.32 Å². The van der Waals surface area contributed by atoms with Gasteiger partial charge in [-0.25, -0.2) is 0 Å². The molecule has 0 aliphatic carbocycles. The molecule has 1 rings (SSSR count). The topological polar surface area (TPSA) is 55.1 Å². The molecular formula is C15H25ClN2O. The summed E-state index contributed by atoms with van der Waals surface area (Å²) in [5.41, 5.74) is 7.72. The van der Waals surface area contributed by atoms with Gasteiger partial charge in [0.25, 0.3) is 0 Å². The fourth-order valence-corrected chi connectivity index (χ4v) is 1.95. The van der Waals surface area contributed by atoms with Gasteiger partial charge in [-0.3, -0.25) is 4.79 Å². The molecule has 0 heterocycles. The average molecular weight is 285 g/mol. The number of nitrogens with two attached hydrogens (primary N) is 1. The Kier molecular flexibility index (Phi) is 7.09. The fraction of sp³-hybridized carbons (Fsp3) is 0.533. The first-order valence-electron chi connectivity index (χ1n) is 6.51. The Morgan fingerprint density at radius 1 is 1.42 bits per heavy atom. The van der Waals surface area contributed by atoms with E-state index in [4.69, 9.17) is 5.73 Å². The molecule has 0 bridgehead atoms. The lowest BCUT2D eigenvalue weighted by Gasteiger charge is -2.28.